The number of aliphatic hydroxyl groups is 1. The summed E-state index contributed by atoms with van der Waals surface area (Å²) in [6.45, 7) is -1.08. The van der Waals surface area contributed by atoms with Gasteiger partial charge in [0.25, 0.3) is 5.91 Å². The van der Waals surface area contributed by atoms with E-state index in [-0.39, 0.29) is 29.3 Å². The topological polar surface area (TPSA) is 96.3 Å². The molecular weight excluding hydrogens is 367 g/mol. The first-order valence-electron chi connectivity index (χ1n) is 8.59. The monoisotopic (exact) mass is 387 g/mol. The van der Waals surface area contributed by atoms with Crippen LogP contribution in [0.2, 0.25) is 0 Å². The summed E-state index contributed by atoms with van der Waals surface area (Å²) in [4.78, 5) is 26.6. The fraction of sp³-hybridized carbons (Fsp3) is 0.529. The van der Waals surface area contributed by atoms with Crippen molar-refractivity contribution in [2.45, 2.75) is 44.1 Å². The lowest BCUT2D eigenvalue weighted by molar-refractivity contribution is -0.140. The van der Waals surface area contributed by atoms with Crippen molar-refractivity contribution in [2.75, 3.05) is 13.2 Å². The van der Waals surface area contributed by atoms with Gasteiger partial charge >= 0.3 is 11.9 Å². The fourth-order valence-corrected chi connectivity index (χ4v) is 3.23. The average molecular weight is 387 g/mol. The van der Waals surface area contributed by atoms with Crippen LogP contribution in [0.1, 0.15) is 29.6 Å². The summed E-state index contributed by atoms with van der Waals surface area (Å²) >= 11 is 0. The van der Waals surface area contributed by atoms with E-state index in [1.54, 1.807) is 0 Å². The van der Waals surface area contributed by atoms with Gasteiger partial charge in [0.1, 0.15) is 6.54 Å². The Hall–Kier alpha value is -2.33. The van der Waals surface area contributed by atoms with E-state index in [1.165, 1.54) is 18.2 Å². The van der Waals surface area contributed by atoms with Crippen LogP contribution in [0.3, 0.4) is 0 Å². The highest BCUT2D eigenvalue weighted by Crippen LogP contribution is 2.21. The summed E-state index contributed by atoms with van der Waals surface area (Å²) < 4.78 is 44.1. The van der Waals surface area contributed by atoms with Crippen LogP contribution >= 0.6 is 0 Å². The average Bonchev–Trinajstić information content (AvgIpc) is 3.21. The van der Waals surface area contributed by atoms with Gasteiger partial charge in [0, 0.05) is 12.2 Å². The summed E-state index contributed by atoms with van der Waals surface area (Å²) in [5.74, 6) is -0.541. The molecule has 1 aliphatic heterocycles. The lowest BCUT2D eigenvalue weighted by Crippen LogP contribution is -2.39. The number of aromatic nitrogens is 2. The second-order valence-corrected chi connectivity index (χ2v) is 6.59. The smallest absolute Gasteiger partial charge is 0.394 e. The molecule has 1 aromatic heterocycles. The molecule has 0 radical (unpaired) electrons. The van der Waals surface area contributed by atoms with Gasteiger partial charge in [0.05, 0.1) is 29.8 Å². The number of H-pyrrole nitrogens is 1. The molecule has 1 saturated heterocycles. The van der Waals surface area contributed by atoms with E-state index in [0.29, 0.717) is 17.6 Å². The van der Waals surface area contributed by atoms with E-state index >= 15 is 0 Å². The number of imidazole rings is 1. The number of nitrogens with zero attached hydrogens (tertiary/aromatic N) is 1. The standard InChI is InChI=1S/C17H20F3N3O4/c18-17(19,20)9-23-14-6-10(3-4-13(14)22-16(23)26)15(25)21-11(8-24)7-12-2-1-5-27-12/h3-4,6,11-12,24H,1-2,5,7-9H2,(H,21,25)(H,22,26). The number of ether oxygens (including phenoxy) is 1. The van der Waals surface area contributed by atoms with E-state index in [9.17, 15) is 27.9 Å². The number of hydrogen-bond donors (Lipinski definition) is 3. The molecular formula is C17H20F3N3O4. The van der Waals surface area contributed by atoms with Gasteiger partial charge in [-0.2, -0.15) is 13.2 Å². The molecule has 1 aliphatic rings. The highest BCUT2D eigenvalue weighted by atomic mass is 19.4. The number of aromatic amines is 1. The van der Waals surface area contributed by atoms with E-state index in [1.807, 2.05) is 0 Å². The first kappa shape index (κ1) is 19.4. The number of alkyl halides is 3. The predicted octanol–water partition coefficient (Wildman–Crippen LogP) is 1.55. The Morgan fingerprint density at radius 3 is 2.85 bits per heavy atom. The number of carbonyl (C=O) groups is 1. The Kier molecular flexibility index (Phi) is 5.56. The van der Waals surface area contributed by atoms with Crippen LogP contribution < -0.4 is 11.0 Å². The number of carbonyl (C=O) groups excluding carboxylic acids is 1. The molecule has 1 aromatic carbocycles. The van der Waals surface area contributed by atoms with Gasteiger partial charge in [-0.05, 0) is 37.5 Å². The van der Waals surface area contributed by atoms with Gasteiger partial charge in [0.15, 0.2) is 0 Å². The molecule has 1 fully saturated rings. The Bertz CT molecular complexity index is 868. The highest BCUT2D eigenvalue weighted by Gasteiger charge is 2.30. The van der Waals surface area contributed by atoms with Crippen molar-refractivity contribution in [3.8, 4) is 0 Å². The van der Waals surface area contributed by atoms with Crippen molar-refractivity contribution < 1.29 is 27.8 Å². The number of fused-ring (bicyclic) bond motifs is 1. The zero-order chi connectivity index (χ0) is 19.6. The van der Waals surface area contributed by atoms with Gasteiger partial charge < -0.3 is 20.1 Å². The number of hydrogen-bond acceptors (Lipinski definition) is 4. The molecule has 10 heteroatoms. The van der Waals surface area contributed by atoms with Crippen molar-refractivity contribution in [3.05, 3.63) is 34.2 Å². The van der Waals surface area contributed by atoms with Crippen LogP contribution in [-0.2, 0) is 11.3 Å². The maximum atomic E-state index is 12.7. The van der Waals surface area contributed by atoms with E-state index in [2.05, 4.69) is 10.3 Å². The van der Waals surface area contributed by atoms with Crippen LogP contribution in [0.4, 0.5) is 13.2 Å². The number of aliphatic hydroxyl groups excluding tert-OH is 1. The molecule has 2 heterocycles. The molecule has 0 aliphatic carbocycles. The quantitative estimate of drug-likeness (QED) is 0.701. The molecule has 0 bridgehead atoms. The van der Waals surface area contributed by atoms with Crippen LogP contribution in [-0.4, -0.2) is 52.1 Å². The van der Waals surface area contributed by atoms with Crippen molar-refractivity contribution in [2.24, 2.45) is 0 Å². The van der Waals surface area contributed by atoms with Crippen LogP contribution in [0.25, 0.3) is 11.0 Å². The second kappa shape index (κ2) is 7.73. The molecule has 3 N–H and O–H groups in total. The zero-order valence-electron chi connectivity index (χ0n) is 14.4. The maximum Gasteiger partial charge on any atom is 0.406 e. The molecule has 148 valence electrons. The SMILES string of the molecule is O=C(NC(CO)CC1CCCO1)c1ccc2[nH]c(=O)n(CC(F)(F)F)c2c1. The third-order valence-electron chi connectivity index (χ3n) is 4.50. The van der Waals surface area contributed by atoms with Crippen LogP contribution in [0.15, 0.2) is 23.0 Å². The second-order valence-electron chi connectivity index (χ2n) is 6.59. The molecule has 2 atom stereocenters. The lowest BCUT2D eigenvalue weighted by Gasteiger charge is -2.19. The van der Waals surface area contributed by atoms with Gasteiger partial charge in [-0.1, -0.05) is 0 Å². The number of benzene rings is 1. The molecule has 3 rings (SSSR count). The van der Waals surface area contributed by atoms with E-state index in [4.69, 9.17) is 4.74 Å². The minimum Gasteiger partial charge on any atom is -0.394 e. The normalized spacial score (nSPS) is 18.7. The third kappa shape index (κ3) is 4.69. The number of rotatable bonds is 6. The molecule has 2 unspecified atom stereocenters. The van der Waals surface area contributed by atoms with E-state index < -0.39 is 30.4 Å². The fourth-order valence-electron chi connectivity index (χ4n) is 3.23. The van der Waals surface area contributed by atoms with Gasteiger partial charge in [-0.3, -0.25) is 9.36 Å². The van der Waals surface area contributed by atoms with Crippen molar-refractivity contribution in [1.82, 2.24) is 14.9 Å². The van der Waals surface area contributed by atoms with Crippen molar-refractivity contribution in [3.63, 3.8) is 0 Å². The van der Waals surface area contributed by atoms with Gasteiger partial charge in [0.2, 0.25) is 0 Å². The number of nitrogens with one attached hydrogen (secondary N) is 2. The molecule has 2 aromatic rings. The first-order valence-corrected chi connectivity index (χ1v) is 8.59. The number of halogens is 3. The molecule has 1 amide bonds. The highest BCUT2D eigenvalue weighted by molar-refractivity contribution is 5.97. The number of amides is 1. The molecule has 27 heavy (non-hydrogen) atoms. The lowest BCUT2D eigenvalue weighted by atomic mass is 10.1. The van der Waals surface area contributed by atoms with E-state index in [0.717, 1.165) is 12.8 Å². The summed E-state index contributed by atoms with van der Waals surface area (Å²) in [6.07, 6.45) is -2.37. The first-order chi connectivity index (χ1) is 12.8. The van der Waals surface area contributed by atoms with Crippen LogP contribution in [0, 0.1) is 0 Å². The minimum atomic E-state index is -4.57. The van der Waals surface area contributed by atoms with Crippen molar-refractivity contribution in [1.29, 1.82) is 0 Å². The summed E-state index contributed by atoms with van der Waals surface area (Å²) in [7, 11) is 0. The largest absolute Gasteiger partial charge is 0.406 e. The Morgan fingerprint density at radius 1 is 1.44 bits per heavy atom. The van der Waals surface area contributed by atoms with Crippen LogP contribution in [0.5, 0.6) is 0 Å². The Labute approximate surface area is 152 Å². The molecule has 0 saturated carbocycles. The van der Waals surface area contributed by atoms with Gasteiger partial charge in [-0.15, -0.1) is 0 Å². The summed E-state index contributed by atoms with van der Waals surface area (Å²) in [5, 5.41) is 12.1. The summed E-state index contributed by atoms with van der Waals surface area (Å²) in [5.41, 5.74) is -0.599. The Balaban J connectivity index is 1.79. The molecule has 0 spiro atoms. The van der Waals surface area contributed by atoms with Crippen molar-refractivity contribution >= 4 is 16.9 Å². The maximum absolute atomic E-state index is 12.7. The minimum absolute atomic E-state index is 0.00958. The van der Waals surface area contributed by atoms with Gasteiger partial charge in [-0.25, -0.2) is 4.79 Å². The zero-order valence-corrected chi connectivity index (χ0v) is 14.4. The predicted molar refractivity (Wildman–Crippen MR) is 90.5 cm³/mol. The third-order valence-corrected chi connectivity index (χ3v) is 4.50. The summed E-state index contributed by atoms with van der Waals surface area (Å²) in [6, 6.07) is 3.49. The molecule has 7 nitrogen and oxygen atoms in total. The Morgan fingerprint density at radius 2 is 2.22 bits per heavy atom.